The van der Waals surface area contributed by atoms with E-state index in [1.54, 1.807) is 6.08 Å². The Morgan fingerprint density at radius 1 is 0.567 bits per heavy atom. The molecule has 394 valence electrons. The zero-order valence-corrected chi connectivity index (χ0v) is 43.3. The summed E-state index contributed by atoms with van der Waals surface area (Å²) in [7, 11) is 0. The van der Waals surface area contributed by atoms with Gasteiger partial charge >= 0.3 is 5.97 Å². The van der Waals surface area contributed by atoms with Gasteiger partial charge in [0.1, 0.15) is 24.4 Å². The van der Waals surface area contributed by atoms with Crippen molar-refractivity contribution in [3.05, 3.63) is 24.3 Å². The highest BCUT2D eigenvalue weighted by molar-refractivity contribution is 5.80. The Hall–Kier alpha value is -1.86. The van der Waals surface area contributed by atoms with Crippen LogP contribution in [0, 0.1) is 0 Å². The van der Waals surface area contributed by atoms with Crippen molar-refractivity contribution in [3.8, 4) is 0 Å². The molecule has 1 rings (SSSR count). The van der Waals surface area contributed by atoms with Gasteiger partial charge in [-0.3, -0.25) is 9.59 Å². The largest absolute Gasteiger partial charge is 0.454 e. The summed E-state index contributed by atoms with van der Waals surface area (Å²) >= 11 is 0. The third-order valence-corrected chi connectivity index (χ3v) is 13.4. The molecule has 0 aliphatic carbocycles. The third kappa shape index (κ3) is 34.2. The van der Waals surface area contributed by atoms with E-state index in [-0.39, 0.29) is 13.0 Å². The molecule has 8 unspecified atom stereocenters. The Balaban J connectivity index is 2.77. The van der Waals surface area contributed by atoms with Crippen molar-refractivity contribution in [1.29, 1.82) is 0 Å². The maximum Gasteiger partial charge on any atom is 0.306 e. The van der Waals surface area contributed by atoms with Gasteiger partial charge < -0.3 is 45.1 Å². The van der Waals surface area contributed by atoms with Crippen LogP contribution in [-0.4, -0.2) is 99.6 Å². The minimum Gasteiger partial charge on any atom is -0.454 e. The Morgan fingerprint density at radius 2 is 0.985 bits per heavy atom. The third-order valence-electron chi connectivity index (χ3n) is 13.4. The molecule has 6 N–H and O–H groups in total. The van der Waals surface area contributed by atoms with E-state index in [2.05, 4.69) is 38.2 Å². The van der Waals surface area contributed by atoms with E-state index in [1.165, 1.54) is 148 Å². The molecule has 1 fully saturated rings. The van der Waals surface area contributed by atoms with Crippen molar-refractivity contribution in [2.24, 2.45) is 0 Å². The number of ether oxygens (including phenoxy) is 3. The minimum absolute atomic E-state index is 0.106. The van der Waals surface area contributed by atoms with Gasteiger partial charge in [-0.25, -0.2) is 0 Å². The van der Waals surface area contributed by atoms with E-state index >= 15 is 0 Å². The molecule has 0 aromatic heterocycles. The predicted octanol–water partition coefficient (Wildman–Crippen LogP) is 12.2. The van der Waals surface area contributed by atoms with Crippen LogP contribution in [0.15, 0.2) is 24.3 Å². The highest BCUT2D eigenvalue weighted by Gasteiger charge is 2.47. The first-order valence-electron chi connectivity index (χ1n) is 28.1. The molecule has 8 atom stereocenters. The summed E-state index contributed by atoms with van der Waals surface area (Å²) < 4.78 is 17.5. The summed E-state index contributed by atoms with van der Waals surface area (Å²) in [4.78, 5) is 26.4. The first-order chi connectivity index (χ1) is 32.7. The van der Waals surface area contributed by atoms with Gasteiger partial charge in [0.05, 0.1) is 25.4 Å². The maximum absolute atomic E-state index is 13.3. The molecule has 1 heterocycles. The normalized spacial score (nSPS) is 20.1. The number of amides is 1. The minimum atomic E-state index is -1.61. The second-order valence-electron chi connectivity index (χ2n) is 19.7. The lowest BCUT2D eigenvalue weighted by molar-refractivity contribution is -0.305. The fourth-order valence-electron chi connectivity index (χ4n) is 8.82. The average molecular weight is 952 g/mol. The van der Waals surface area contributed by atoms with E-state index < -0.39 is 67.4 Å². The van der Waals surface area contributed by atoms with Gasteiger partial charge in [0.25, 0.3) is 0 Å². The summed E-state index contributed by atoms with van der Waals surface area (Å²) in [5, 5.41) is 56.7. The number of aliphatic hydroxyl groups is 5. The molecular formula is C56H105NO10. The van der Waals surface area contributed by atoms with Crippen molar-refractivity contribution in [1.82, 2.24) is 5.32 Å². The number of rotatable bonds is 47. The number of hydrogen-bond acceptors (Lipinski definition) is 10. The number of esters is 1. The maximum atomic E-state index is 13.3. The van der Waals surface area contributed by atoms with Crippen LogP contribution in [0.25, 0.3) is 0 Å². The number of carbonyl (C=O) groups is 2. The first kappa shape index (κ1) is 63.2. The van der Waals surface area contributed by atoms with E-state index in [1.807, 2.05) is 6.08 Å². The molecule has 0 bridgehead atoms. The SMILES string of the molecule is CCCCCCCC/C=C\CCCCCC(=O)OC1C(OCC(NC(=O)C(O)CCCCCCCCCCCCCC)C(O)/C=C/CCCCCCCCCCCCC)OC(CO)C(O)C1O. The number of carbonyl (C=O) groups excluding carboxylic acids is 2. The van der Waals surface area contributed by atoms with Crippen LogP contribution in [0.1, 0.15) is 258 Å². The summed E-state index contributed by atoms with van der Waals surface area (Å²) in [5.41, 5.74) is 0. The van der Waals surface area contributed by atoms with Crippen LogP contribution >= 0.6 is 0 Å². The van der Waals surface area contributed by atoms with Crippen LogP contribution in [0.2, 0.25) is 0 Å². The topological polar surface area (TPSA) is 175 Å². The number of hydrogen-bond donors (Lipinski definition) is 6. The zero-order valence-electron chi connectivity index (χ0n) is 43.3. The molecular weight excluding hydrogens is 847 g/mol. The lowest BCUT2D eigenvalue weighted by atomic mass is 9.99. The van der Waals surface area contributed by atoms with Crippen molar-refractivity contribution < 1.29 is 49.3 Å². The van der Waals surface area contributed by atoms with E-state index in [0.29, 0.717) is 19.3 Å². The van der Waals surface area contributed by atoms with Crippen LogP contribution < -0.4 is 5.32 Å². The fraction of sp³-hybridized carbons (Fsp3) is 0.893. The molecule has 1 amide bonds. The molecule has 1 saturated heterocycles. The van der Waals surface area contributed by atoms with Crippen LogP contribution in [0.4, 0.5) is 0 Å². The van der Waals surface area contributed by atoms with E-state index in [4.69, 9.17) is 14.2 Å². The van der Waals surface area contributed by atoms with Gasteiger partial charge in [0, 0.05) is 6.42 Å². The van der Waals surface area contributed by atoms with Gasteiger partial charge in [-0.05, 0) is 51.4 Å². The molecule has 0 radical (unpaired) electrons. The molecule has 67 heavy (non-hydrogen) atoms. The second kappa shape index (κ2) is 45.3. The molecule has 0 spiro atoms. The Bertz CT molecular complexity index is 1180. The lowest BCUT2D eigenvalue weighted by Gasteiger charge is -2.41. The first-order valence-corrected chi connectivity index (χ1v) is 28.1. The summed E-state index contributed by atoms with van der Waals surface area (Å²) in [6, 6.07) is -1.02. The molecule has 0 aromatic rings. The molecule has 1 aliphatic heterocycles. The molecule has 0 aromatic carbocycles. The van der Waals surface area contributed by atoms with Crippen molar-refractivity contribution in [2.75, 3.05) is 13.2 Å². The van der Waals surface area contributed by atoms with Gasteiger partial charge in [0.15, 0.2) is 12.4 Å². The lowest BCUT2D eigenvalue weighted by Crippen LogP contribution is -2.61. The van der Waals surface area contributed by atoms with Crippen molar-refractivity contribution in [3.63, 3.8) is 0 Å². The summed E-state index contributed by atoms with van der Waals surface area (Å²) in [6.45, 7) is 5.76. The predicted molar refractivity (Wildman–Crippen MR) is 274 cm³/mol. The Morgan fingerprint density at radius 3 is 1.45 bits per heavy atom. The van der Waals surface area contributed by atoms with Gasteiger partial charge in [0.2, 0.25) is 5.91 Å². The highest BCUT2D eigenvalue weighted by atomic mass is 16.7. The number of nitrogens with one attached hydrogen (secondary N) is 1. The van der Waals surface area contributed by atoms with Gasteiger partial charge in [-0.1, -0.05) is 225 Å². The Kier molecular flexibility index (Phi) is 42.7. The molecule has 0 saturated carbocycles. The standard InChI is InChI=1S/C56H105NO10/c1-4-7-10-13-16-19-22-25-28-30-33-36-39-42-48(59)47(57-55(64)49(60)43-40-37-34-31-27-24-21-18-15-12-9-6-3)46-65-56-54(53(63)52(62)50(45-58)66-56)67-51(61)44-41-38-35-32-29-26-23-20-17-14-11-8-5-2/h26,29,39,42,47-50,52-54,56,58-60,62-63H,4-25,27-28,30-38,40-41,43-46H2,1-3H3,(H,57,64)/b29-26-,42-39+. The zero-order chi connectivity index (χ0) is 49.0. The quantitative estimate of drug-likeness (QED) is 0.0196. The van der Waals surface area contributed by atoms with Gasteiger partial charge in [-0.2, -0.15) is 0 Å². The van der Waals surface area contributed by atoms with Gasteiger partial charge in [-0.15, -0.1) is 0 Å². The van der Waals surface area contributed by atoms with Crippen LogP contribution in [-0.2, 0) is 23.8 Å². The average Bonchev–Trinajstić information content (AvgIpc) is 3.32. The highest BCUT2D eigenvalue weighted by Crippen LogP contribution is 2.26. The Labute approximate surface area is 410 Å². The number of allylic oxidation sites excluding steroid dienone is 3. The van der Waals surface area contributed by atoms with Crippen LogP contribution in [0.3, 0.4) is 0 Å². The summed E-state index contributed by atoms with van der Waals surface area (Å²) in [5.74, 6) is -1.20. The fourth-order valence-corrected chi connectivity index (χ4v) is 8.82. The van der Waals surface area contributed by atoms with Crippen molar-refractivity contribution in [2.45, 2.75) is 307 Å². The summed E-state index contributed by atoms with van der Waals surface area (Å²) in [6.07, 6.45) is 39.4. The smallest absolute Gasteiger partial charge is 0.306 e. The van der Waals surface area contributed by atoms with Crippen molar-refractivity contribution >= 4 is 11.9 Å². The molecule has 1 aliphatic rings. The molecule has 11 heteroatoms. The van der Waals surface area contributed by atoms with E-state index in [9.17, 15) is 35.1 Å². The monoisotopic (exact) mass is 952 g/mol. The van der Waals surface area contributed by atoms with E-state index in [0.717, 1.165) is 64.2 Å². The molecule has 11 nitrogen and oxygen atoms in total. The van der Waals surface area contributed by atoms with Crippen LogP contribution in [0.5, 0.6) is 0 Å². The number of unbranched alkanes of at least 4 members (excludes halogenated alkanes) is 31. The number of aliphatic hydroxyl groups excluding tert-OH is 5. The second-order valence-corrected chi connectivity index (χ2v) is 19.7.